The van der Waals surface area contributed by atoms with Crippen molar-refractivity contribution in [3.05, 3.63) is 83.4 Å². The number of nitrogens with one attached hydrogen (secondary N) is 3. The molecule has 40 heavy (non-hydrogen) atoms. The third kappa shape index (κ3) is 4.94. The minimum atomic E-state index is -1.31. The zero-order chi connectivity index (χ0) is 28.4. The lowest BCUT2D eigenvalue weighted by Gasteiger charge is -2.28. The van der Waals surface area contributed by atoms with E-state index in [0.717, 1.165) is 18.5 Å². The number of hydrogen-bond acceptors (Lipinski definition) is 5. The molecule has 2 aliphatic heterocycles. The van der Waals surface area contributed by atoms with Gasteiger partial charge in [-0.1, -0.05) is 37.3 Å². The second-order valence-electron chi connectivity index (χ2n) is 10.3. The van der Waals surface area contributed by atoms with Crippen LogP contribution in [-0.2, 0) is 37.7 Å². The first-order chi connectivity index (χ1) is 19.2. The SMILES string of the molecule is CCCn1cc(CNC(=O)C2CN(C(=O)[C@H](NC(C)=O)c3ccc(F)cc3)CC23C(=O)Nc2ccccc23)cn1. The van der Waals surface area contributed by atoms with Crippen LogP contribution in [0.5, 0.6) is 0 Å². The summed E-state index contributed by atoms with van der Waals surface area (Å²) in [5.74, 6) is -3.04. The number of aromatic nitrogens is 2. The van der Waals surface area contributed by atoms with Crippen molar-refractivity contribution in [2.24, 2.45) is 5.92 Å². The first-order valence-corrected chi connectivity index (χ1v) is 13.2. The van der Waals surface area contributed by atoms with Crippen molar-refractivity contribution in [3.8, 4) is 0 Å². The molecule has 0 bridgehead atoms. The number of halogens is 1. The molecule has 5 rings (SSSR count). The lowest BCUT2D eigenvalue weighted by atomic mass is 9.73. The molecule has 3 heterocycles. The molecule has 0 aliphatic carbocycles. The number of carbonyl (C=O) groups is 4. The lowest BCUT2D eigenvalue weighted by molar-refractivity contribution is -0.135. The molecule has 1 spiro atoms. The fourth-order valence-electron chi connectivity index (χ4n) is 5.66. The third-order valence-corrected chi connectivity index (χ3v) is 7.53. The highest BCUT2D eigenvalue weighted by Crippen LogP contribution is 2.48. The van der Waals surface area contributed by atoms with E-state index in [-0.39, 0.29) is 31.4 Å². The normalized spacial score (nSPS) is 20.2. The molecule has 2 aliphatic rings. The Morgan fingerprint density at radius 2 is 1.93 bits per heavy atom. The fourth-order valence-corrected chi connectivity index (χ4v) is 5.66. The molecule has 10 nitrogen and oxygen atoms in total. The van der Waals surface area contributed by atoms with Gasteiger partial charge in [0.2, 0.25) is 23.6 Å². The van der Waals surface area contributed by atoms with Gasteiger partial charge >= 0.3 is 0 Å². The van der Waals surface area contributed by atoms with E-state index in [0.29, 0.717) is 16.8 Å². The van der Waals surface area contributed by atoms with Gasteiger partial charge in [0.25, 0.3) is 0 Å². The number of hydrogen-bond donors (Lipinski definition) is 3. The summed E-state index contributed by atoms with van der Waals surface area (Å²) < 4.78 is 15.4. The molecule has 0 radical (unpaired) electrons. The molecular formula is C29H31FN6O4. The van der Waals surface area contributed by atoms with Gasteiger partial charge < -0.3 is 20.9 Å². The zero-order valence-corrected chi connectivity index (χ0v) is 22.3. The number of likely N-dealkylation sites (tertiary alicyclic amines) is 1. The Balaban J connectivity index is 1.45. The molecule has 4 amide bonds. The van der Waals surface area contributed by atoms with Crippen LogP contribution in [0.2, 0.25) is 0 Å². The average molecular weight is 547 g/mol. The van der Waals surface area contributed by atoms with E-state index in [9.17, 15) is 23.6 Å². The number of amides is 4. The van der Waals surface area contributed by atoms with Gasteiger partial charge in [-0.05, 0) is 35.7 Å². The maximum absolute atomic E-state index is 13.9. The molecule has 1 aromatic heterocycles. The smallest absolute Gasteiger partial charge is 0.249 e. The molecule has 3 atom stereocenters. The van der Waals surface area contributed by atoms with Crippen LogP contribution in [0.25, 0.3) is 0 Å². The number of anilines is 1. The number of benzene rings is 2. The molecule has 3 aromatic rings. The first kappa shape index (κ1) is 27.0. The number of fused-ring (bicyclic) bond motifs is 2. The summed E-state index contributed by atoms with van der Waals surface area (Å²) >= 11 is 0. The minimum Gasteiger partial charge on any atom is -0.352 e. The highest BCUT2D eigenvalue weighted by Gasteiger charge is 2.61. The lowest BCUT2D eigenvalue weighted by Crippen LogP contribution is -2.48. The van der Waals surface area contributed by atoms with Crippen molar-refractivity contribution < 1.29 is 23.6 Å². The monoisotopic (exact) mass is 546 g/mol. The van der Waals surface area contributed by atoms with Crippen LogP contribution in [0, 0.1) is 11.7 Å². The van der Waals surface area contributed by atoms with Crippen LogP contribution < -0.4 is 16.0 Å². The summed E-state index contributed by atoms with van der Waals surface area (Å²) in [7, 11) is 0. The molecule has 1 saturated heterocycles. The van der Waals surface area contributed by atoms with Crippen molar-refractivity contribution >= 4 is 29.3 Å². The van der Waals surface area contributed by atoms with Gasteiger partial charge in [0.15, 0.2) is 0 Å². The van der Waals surface area contributed by atoms with E-state index in [4.69, 9.17) is 0 Å². The topological polar surface area (TPSA) is 125 Å². The Kier molecular flexibility index (Phi) is 7.38. The molecule has 2 aromatic carbocycles. The molecular weight excluding hydrogens is 515 g/mol. The van der Waals surface area contributed by atoms with Crippen LogP contribution >= 0.6 is 0 Å². The predicted molar refractivity (Wildman–Crippen MR) is 144 cm³/mol. The van der Waals surface area contributed by atoms with Crippen LogP contribution in [0.15, 0.2) is 60.9 Å². The van der Waals surface area contributed by atoms with Gasteiger partial charge in [-0.2, -0.15) is 5.10 Å². The third-order valence-electron chi connectivity index (χ3n) is 7.53. The van der Waals surface area contributed by atoms with E-state index in [1.165, 1.54) is 36.1 Å². The Hall–Kier alpha value is -4.54. The molecule has 2 unspecified atom stereocenters. The number of aryl methyl sites for hydroxylation is 1. The first-order valence-electron chi connectivity index (χ1n) is 13.2. The molecule has 0 saturated carbocycles. The van der Waals surface area contributed by atoms with Crippen molar-refractivity contribution in [1.82, 2.24) is 25.3 Å². The standard InChI is InChI=1S/C29H31FN6O4/c1-3-12-36-15-19(14-32-36)13-31-26(38)23-16-35(17-29(23)22-6-4-5-7-24(22)34-28(29)40)27(39)25(33-18(2)37)20-8-10-21(30)11-9-20/h4-11,14-15,23,25H,3,12-13,16-17H2,1-2H3,(H,31,38)(H,33,37)(H,34,40)/t23?,25-,29?/m1/s1. The number of rotatable bonds is 8. The Morgan fingerprint density at radius 1 is 1.18 bits per heavy atom. The maximum Gasteiger partial charge on any atom is 0.249 e. The summed E-state index contributed by atoms with van der Waals surface area (Å²) in [6, 6.07) is 11.3. The van der Waals surface area contributed by atoms with Crippen LogP contribution in [0.3, 0.4) is 0 Å². The van der Waals surface area contributed by atoms with Gasteiger partial charge in [-0.25, -0.2) is 4.39 Å². The van der Waals surface area contributed by atoms with Crippen LogP contribution in [-0.4, -0.2) is 51.4 Å². The molecule has 11 heteroatoms. The minimum absolute atomic E-state index is 0.0429. The summed E-state index contributed by atoms with van der Waals surface area (Å²) in [5.41, 5.74) is 1.14. The second-order valence-corrected chi connectivity index (χ2v) is 10.3. The van der Waals surface area contributed by atoms with Crippen molar-refractivity contribution in [3.63, 3.8) is 0 Å². The van der Waals surface area contributed by atoms with Gasteiger partial charge in [-0.3, -0.25) is 23.9 Å². The van der Waals surface area contributed by atoms with Gasteiger partial charge in [0.1, 0.15) is 17.3 Å². The van der Waals surface area contributed by atoms with Crippen LogP contribution in [0.1, 0.15) is 43.0 Å². The summed E-state index contributed by atoms with van der Waals surface area (Å²) in [5, 5.41) is 12.8. The molecule has 208 valence electrons. The quantitative estimate of drug-likeness (QED) is 0.400. The number of carbonyl (C=O) groups excluding carboxylic acids is 4. The van der Waals surface area contributed by atoms with E-state index < -0.39 is 35.0 Å². The van der Waals surface area contributed by atoms with Gasteiger partial charge in [-0.15, -0.1) is 0 Å². The Labute approximate surface area is 230 Å². The maximum atomic E-state index is 13.9. The average Bonchev–Trinajstić information content (AvgIpc) is 3.63. The fraction of sp³-hybridized carbons (Fsp3) is 0.345. The summed E-state index contributed by atoms with van der Waals surface area (Å²) in [4.78, 5) is 54.7. The zero-order valence-electron chi connectivity index (χ0n) is 22.3. The summed E-state index contributed by atoms with van der Waals surface area (Å²) in [6.07, 6.45) is 4.48. The highest BCUT2D eigenvalue weighted by molar-refractivity contribution is 6.10. The van der Waals surface area contributed by atoms with Crippen molar-refractivity contribution in [2.75, 3.05) is 18.4 Å². The van der Waals surface area contributed by atoms with E-state index in [2.05, 4.69) is 21.0 Å². The second kappa shape index (κ2) is 10.9. The van der Waals surface area contributed by atoms with Crippen molar-refractivity contribution in [1.29, 1.82) is 0 Å². The van der Waals surface area contributed by atoms with E-state index in [1.54, 1.807) is 35.1 Å². The number of nitrogens with zero attached hydrogens (tertiary/aromatic N) is 3. The largest absolute Gasteiger partial charge is 0.352 e. The van der Waals surface area contributed by atoms with E-state index >= 15 is 0 Å². The molecule has 1 fully saturated rings. The Bertz CT molecular complexity index is 1450. The van der Waals surface area contributed by atoms with Crippen molar-refractivity contribution in [2.45, 2.75) is 44.8 Å². The number of para-hydroxylation sites is 1. The van der Waals surface area contributed by atoms with E-state index in [1.807, 2.05) is 13.1 Å². The van der Waals surface area contributed by atoms with Gasteiger partial charge in [0, 0.05) is 50.6 Å². The van der Waals surface area contributed by atoms with Crippen LogP contribution in [0.4, 0.5) is 10.1 Å². The van der Waals surface area contributed by atoms with Gasteiger partial charge in [0.05, 0.1) is 12.1 Å². The Morgan fingerprint density at radius 3 is 2.65 bits per heavy atom. The predicted octanol–water partition coefficient (Wildman–Crippen LogP) is 2.27. The summed E-state index contributed by atoms with van der Waals surface area (Å²) in [6.45, 7) is 4.21. The highest BCUT2D eigenvalue weighted by atomic mass is 19.1. The molecule has 3 N–H and O–H groups in total.